The summed E-state index contributed by atoms with van der Waals surface area (Å²) in [5, 5.41) is 50.4. The van der Waals surface area contributed by atoms with E-state index in [9.17, 15) is 25.2 Å². The van der Waals surface area contributed by atoms with E-state index in [0.717, 1.165) is 11.1 Å². The van der Waals surface area contributed by atoms with Gasteiger partial charge in [-0.3, -0.25) is 4.79 Å². The number of hydrogen-bond acceptors (Lipinski definition) is 8. The van der Waals surface area contributed by atoms with E-state index in [-0.39, 0.29) is 19.1 Å². The average Bonchev–Trinajstić information content (AvgIpc) is 2.78. The standard InChI is InChI=1S/C21H25NO8/c23-9-8-22-20(28)14-3-1-2-13(10-14)12-4-6-15(7-5-12)29-21-19(27)18(26)17(25)16(11-24)30-21/h1-7,10,16-19,21,23-27H,8-9,11H2,(H,22,28)/t16-,17-,18+,19+,21+/m1/s1. The van der Waals surface area contributed by atoms with Gasteiger partial charge in [-0.1, -0.05) is 24.3 Å². The number of benzene rings is 2. The fraction of sp³-hybridized carbons (Fsp3) is 0.381. The van der Waals surface area contributed by atoms with Crippen LogP contribution in [-0.2, 0) is 4.74 Å². The van der Waals surface area contributed by atoms with E-state index in [2.05, 4.69) is 5.32 Å². The minimum absolute atomic E-state index is 0.138. The molecule has 2 aromatic rings. The fourth-order valence-corrected chi connectivity index (χ4v) is 3.14. The van der Waals surface area contributed by atoms with Crippen molar-refractivity contribution in [1.29, 1.82) is 0 Å². The maximum Gasteiger partial charge on any atom is 0.251 e. The molecule has 1 fully saturated rings. The van der Waals surface area contributed by atoms with Gasteiger partial charge in [0.2, 0.25) is 6.29 Å². The van der Waals surface area contributed by atoms with Gasteiger partial charge in [-0.15, -0.1) is 0 Å². The maximum absolute atomic E-state index is 12.1. The van der Waals surface area contributed by atoms with Gasteiger partial charge in [0.15, 0.2) is 0 Å². The zero-order chi connectivity index (χ0) is 21.7. The normalized spacial score (nSPS) is 26.2. The molecule has 1 saturated heterocycles. The molecule has 0 unspecified atom stereocenters. The molecule has 3 rings (SSSR count). The number of aliphatic hydroxyl groups excluding tert-OH is 5. The molecule has 0 aliphatic carbocycles. The second-order valence-electron chi connectivity index (χ2n) is 6.90. The van der Waals surface area contributed by atoms with Crippen molar-refractivity contribution in [3.63, 3.8) is 0 Å². The summed E-state index contributed by atoms with van der Waals surface area (Å²) in [4.78, 5) is 12.1. The van der Waals surface area contributed by atoms with E-state index < -0.39 is 37.3 Å². The van der Waals surface area contributed by atoms with E-state index >= 15 is 0 Å². The molecule has 9 heteroatoms. The van der Waals surface area contributed by atoms with Crippen LogP contribution >= 0.6 is 0 Å². The van der Waals surface area contributed by atoms with Gasteiger partial charge in [0.05, 0.1) is 13.2 Å². The lowest BCUT2D eigenvalue weighted by Gasteiger charge is -2.39. The monoisotopic (exact) mass is 419 g/mol. The Morgan fingerprint density at radius 2 is 1.70 bits per heavy atom. The van der Waals surface area contributed by atoms with Crippen molar-refractivity contribution in [3.8, 4) is 16.9 Å². The van der Waals surface area contributed by atoms with Crippen LogP contribution in [0.25, 0.3) is 11.1 Å². The molecule has 0 bridgehead atoms. The summed E-state index contributed by atoms with van der Waals surface area (Å²) < 4.78 is 10.9. The van der Waals surface area contributed by atoms with Crippen LogP contribution in [0, 0.1) is 0 Å². The van der Waals surface area contributed by atoms with Crippen LogP contribution in [0.5, 0.6) is 5.75 Å². The number of nitrogens with one attached hydrogen (secondary N) is 1. The summed E-state index contributed by atoms with van der Waals surface area (Å²) in [6.45, 7) is -0.500. The van der Waals surface area contributed by atoms with Gasteiger partial charge in [0.1, 0.15) is 30.2 Å². The Labute approximate surface area is 173 Å². The zero-order valence-electron chi connectivity index (χ0n) is 16.1. The number of carbonyl (C=O) groups is 1. The predicted molar refractivity (Wildman–Crippen MR) is 106 cm³/mol. The van der Waals surface area contributed by atoms with E-state index in [1.165, 1.54) is 0 Å². The lowest BCUT2D eigenvalue weighted by Crippen LogP contribution is -2.60. The molecule has 9 nitrogen and oxygen atoms in total. The van der Waals surface area contributed by atoms with Crippen molar-refractivity contribution in [2.45, 2.75) is 30.7 Å². The van der Waals surface area contributed by atoms with Crippen molar-refractivity contribution in [3.05, 3.63) is 54.1 Å². The molecule has 2 aromatic carbocycles. The third kappa shape index (κ3) is 4.96. The van der Waals surface area contributed by atoms with Crippen LogP contribution in [0.3, 0.4) is 0 Å². The molecule has 162 valence electrons. The van der Waals surface area contributed by atoms with Gasteiger partial charge in [-0.05, 0) is 35.4 Å². The van der Waals surface area contributed by atoms with Crippen molar-refractivity contribution in [1.82, 2.24) is 5.32 Å². The first-order valence-electron chi connectivity index (χ1n) is 9.51. The summed E-state index contributed by atoms with van der Waals surface area (Å²) in [7, 11) is 0. The van der Waals surface area contributed by atoms with Gasteiger partial charge >= 0.3 is 0 Å². The van der Waals surface area contributed by atoms with Gasteiger partial charge in [0.25, 0.3) is 5.91 Å². The highest BCUT2D eigenvalue weighted by molar-refractivity contribution is 5.95. The van der Waals surface area contributed by atoms with Gasteiger partial charge in [-0.2, -0.15) is 0 Å². The number of carbonyl (C=O) groups excluding carboxylic acids is 1. The number of aliphatic hydroxyl groups is 5. The minimum atomic E-state index is -1.51. The van der Waals surface area contributed by atoms with Crippen LogP contribution in [0.2, 0.25) is 0 Å². The van der Waals surface area contributed by atoms with Crippen molar-refractivity contribution >= 4 is 5.91 Å². The molecule has 6 N–H and O–H groups in total. The van der Waals surface area contributed by atoms with Crippen molar-refractivity contribution in [2.75, 3.05) is 19.8 Å². The third-order valence-electron chi connectivity index (χ3n) is 4.81. The molecule has 30 heavy (non-hydrogen) atoms. The van der Waals surface area contributed by atoms with E-state index in [4.69, 9.17) is 14.6 Å². The number of hydrogen-bond donors (Lipinski definition) is 6. The topological polar surface area (TPSA) is 149 Å². The molecule has 1 heterocycles. The largest absolute Gasteiger partial charge is 0.462 e. The predicted octanol–water partition coefficient (Wildman–Crippen LogP) is -0.746. The number of ether oxygens (including phenoxy) is 2. The van der Waals surface area contributed by atoms with Gasteiger partial charge < -0.3 is 40.3 Å². The van der Waals surface area contributed by atoms with E-state index in [1.54, 1.807) is 42.5 Å². The second-order valence-corrected chi connectivity index (χ2v) is 6.90. The Balaban J connectivity index is 1.70. The Morgan fingerprint density at radius 1 is 0.967 bits per heavy atom. The summed E-state index contributed by atoms with van der Waals surface area (Å²) >= 11 is 0. The molecule has 1 aliphatic rings. The summed E-state index contributed by atoms with van der Waals surface area (Å²) in [5.41, 5.74) is 2.07. The fourth-order valence-electron chi connectivity index (χ4n) is 3.14. The second kappa shape index (κ2) is 9.98. The summed E-state index contributed by atoms with van der Waals surface area (Å²) in [5.74, 6) is 0.0633. The molecule has 1 aliphatic heterocycles. The SMILES string of the molecule is O=C(NCCO)c1cccc(-c2ccc(O[C@H]3O[C@H](CO)[C@@H](O)[C@H](O)[C@@H]3O)cc2)c1. The van der Waals surface area contributed by atoms with Crippen LogP contribution < -0.4 is 10.1 Å². The highest BCUT2D eigenvalue weighted by atomic mass is 16.7. The first kappa shape index (κ1) is 22.2. The number of rotatable bonds is 7. The highest BCUT2D eigenvalue weighted by Crippen LogP contribution is 2.27. The Kier molecular flexibility index (Phi) is 7.38. The zero-order valence-corrected chi connectivity index (χ0v) is 16.1. The molecule has 0 aromatic heterocycles. The highest BCUT2D eigenvalue weighted by Gasteiger charge is 2.44. The molecule has 5 atom stereocenters. The first-order chi connectivity index (χ1) is 14.4. The van der Waals surface area contributed by atoms with Crippen molar-refractivity contribution < 1.29 is 39.8 Å². The van der Waals surface area contributed by atoms with Crippen LogP contribution in [0.1, 0.15) is 10.4 Å². The molecular formula is C21H25NO8. The number of amides is 1. The van der Waals surface area contributed by atoms with Crippen LogP contribution in [-0.4, -0.2) is 81.9 Å². The van der Waals surface area contributed by atoms with Gasteiger partial charge in [0, 0.05) is 12.1 Å². The minimum Gasteiger partial charge on any atom is -0.462 e. The molecule has 0 saturated carbocycles. The Bertz CT molecular complexity index is 841. The quantitative estimate of drug-likeness (QED) is 0.344. The van der Waals surface area contributed by atoms with Crippen molar-refractivity contribution in [2.24, 2.45) is 0 Å². The molecule has 0 spiro atoms. The summed E-state index contributed by atoms with van der Waals surface area (Å²) in [6.07, 6.45) is -6.76. The molecule has 1 amide bonds. The van der Waals surface area contributed by atoms with Gasteiger partial charge in [-0.25, -0.2) is 0 Å². The van der Waals surface area contributed by atoms with Crippen LogP contribution in [0.15, 0.2) is 48.5 Å². The third-order valence-corrected chi connectivity index (χ3v) is 4.81. The maximum atomic E-state index is 12.1. The summed E-state index contributed by atoms with van der Waals surface area (Å²) in [6, 6.07) is 13.8. The smallest absolute Gasteiger partial charge is 0.251 e. The lowest BCUT2D eigenvalue weighted by molar-refractivity contribution is -0.277. The lowest BCUT2D eigenvalue weighted by atomic mass is 9.99. The van der Waals surface area contributed by atoms with E-state index in [0.29, 0.717) is 11.3 Å². The molecule has 0 radical (unpaired) electrons. The first-order valence-corrected chi connectivity index (χ1v) is 9.51. The molecular weight excluding hydrogens is 394 g/mol. The Hall–Kier alpha value is -2.53. The average molecular weight is 419 g/mol. The Morgan fingerprint density at radius 3 is 2.37 bits per heavy atom. The van der Waals surface area contributed by atoms with Crippen LogP contribution in [0.4, 0.5) is 0 Å². The van der Waals surface area contributed by atoms with E-state index in [1.807, 2.05) is 6.07 Å².